The van der Waals surface area contributed by atoms with E-state index in [1.54, 1.807) is 0 Å². The Morgan fingerprint density at radius 3 is 2.92 bits per heavy atom. The van der Waals surface area contributed by atoms with E-state index in [-0.39, 0.29) is 6.54 Å². The van der Waals surface area contributed by atoms with Gasteiger partial charge in [0.25, 0.3) is 6.43 Å². The lowest BCUT2D eigenvalue weighted by atomic mass is 10.3. The Bertz CT molecular complexity index is 132. The molecule has 0 aromatic rings. The van der Waals surface area contributed by atoms with Gasteiger partial charge in [-0.05, 0) is 6.42 Å². The summed E-state index contributed by atoms with van der Waals surface area (Å²) in [5.74, 6) is 1.01. The van der Waals surface area contributed by atoms with Crippen LogP contribution in [0.25, 0.3) is 0 Å². The highest BCUT2D eigenvalue weighted by Gasteiger charge is 2.20. The summed E-state index contributed by atoms with van der Waals surface area (Å²) in [6.07, 6.45) is -1.09. The molecule has 72 valence electrons. The van der Waals surface area contributed by atoms with Crippen molar-refractivity contribution in [2.45, 2.75) is 25.0 Å². The fourth-order valence-electron chi connectivity index (χ4n) is 1.39. The summed E-state index contributed by atoms with van der Waals surface area (Å²) in [4.78, 5) is 1.87. The van der Waals surface area contributed by atoms with Crippen LogP contribution in [0.2, 0.25) is 0 Å². The second-order valence-corrected chi connectivity index (χ2v) is 4.46. The molecule has 0 saturated carbocycles. The molecule has 1 unspecified atom stereocenters. The molecule has 1 aliphatic rings. The van der Waals surface area contributed by atoms with E-state index < -0.39 is 6.43 Å². The zero-order chi connectivity index (χ0) is 8.97. The Balaban J connectivity index is 2.25. The predicted octanol–water partition coefficient (Wildman–Crippen LogP) is 2.08. The van der Waals surface area contributed by atoms with Gasteiger partial charge >= 0.3 is 0 Å². The van der Waals surface area contributed by atoms with E-state index in [9.17, 15) is 8.78 Å². The molecule has 1 fully saturated rings. The lowest BCUT2D eigenvalue weighted by molar-refractivity contribution is 0.0898. The number of rotatable bonds is 3. The molecule has 1 rings (SSSR count). The summed E-state index contributed by atoms with van der Waals surface area (Å²) < 4.78 is 24.0. The van der Waals surface area contributed by atoms with Gasteiger partial charge in [0.2, 0.25) is 0 Å². The van der Waals surface area contributed by atoms with Gasteiger partial charge in [0.1, 0.15) is 0 Å². The van der Waals surface area contributed by atoms with E-state index in [1.165, 1.54) is 0 Å². The SMILES string of the molecule is CCC1CN(CC(F)F)CCS1. The zero-order valence-electron chi connectivity index (χ0n) is 7.30. The number of nitrogens with zero attached hydrogens (tertiary/aromatic N) is 1. The Labute approximate surface area is 76.5 Å². The van der Waals surface area contributed by atoms with Gasteiger partial charge in [0.05, 0.1) is 6.54 Å². The molecule has 12 heavy (non-hydrogen) atoms. The smallest absolute Gasteiger partial charge is 0.251 e. The van der Waals surface area contributed by atoms with Crippen LogP contribution in [0.1, 0.15) is 13.3 Å². The van der Waals surface area contributed by atoms with Gasteiger partial charge in [0.15, 0.2) is 0 Å². The second kappa shape index (κ2) is 5.02. The van der Waals surface area contributed by atoms with Crippen LogP contribution in [0.4, 0.5) is 8.78 Å². The monoisotopic (exact) mass is 195 g/mol. The Hall–Kier alpha value is 0.170. The lowest BCUT2D eigenvalue weighted by Crippen LogP contribution is -2.40. The fourth-order valence-corrected chi connectivity index (χ4v) is 2.64. The first kappa shape index (κ1) is 10.3. The van der Waals surface area contributed by atoms with E-state index in [4.69, 9.17) is 0 Å². The van der Waals surface area contributed by atoms with Crippen molar-refractivity contribution in [3.05, 3.63) is 0 Å². The maximum absolute atomic E-state index is 12.0. The normalized spacial score (nSPS) is 26.5. The summed E-state index contributed by atoms with van der Waals surface area (Å²) in [5.41, 5.74) is 0. The predicted molar refractivity (Wildman–Crippen MR) is 49.0 cm³/mol. The minimum Gasteiger partial charge on any atom is -0.296 e. The van der Waals surface area contributed by atoms with E-state index in [0.29, 0.717) is 5.25 Å². The molecule has 1 nitrogen and oxygen atoms in total. The maximum Gasteiger partial charge on any atom is 0.251 e. The summed E-state index contributed by atoms with van der Waals surface area (Å²) in [6.45, 7) is 3.73. The summed E-state index contributed by atoms with van der Waals surface area (Å²) in [5, 5.41) is 0.567. The Morgan fingerprint density at radius 2 is 2.33 bits per heavy atom. The van der Waals surface area contributed by atoms with Crippen LogP contribution >= 0.6 is 11.8 Å². The molecule has 0 radical (unpaired) electrons. The van der Waals surface area contributed by atoms with Gasteiger partial charge in [0, 0.05) is 24.1 Å². The van der Waals surface area contributed by atoms with Crippen molar-refractivity contribution >= 4 is 11.8 Å². The van der Waals surface area contributed by atoms with Crippen molar-refractivity contribution in [2.75, 3.05) is 25.4 Å². The van der Waals surface area contributed by atoms with Gasteiger partial charge in [-0.1, -0.05) is 6.92 Å². The molecule has 0 aromatic heterocycles. The average Bonchev–Trinajstić information content (AvgIpc) is 2.03. The van der Waals surface area contributed by atoms with Gasteiger partial charge < -0.3 is 0 Å². The van der Waals surface area contributed by atoms with Crippen LogP contribution < -0.4 is 0 Å². The number of hydrogen-bond donors (Lipinski definition) is 0. The highest BCUT2D eigenvalue weighted by molar-refractivity contribution is 8.00. The maximum atomic E-state index is 12.0. The third-order valence-electron chi connectivity index (χ3n) is 2.07. The van der Waals surface area contributed by atoms with Crippen molar-refractivity contribution in [3.8, 4) is 0 Å². The largest absolute Gasteiger partial charge is 0.296 e. The van der Waals surface area contributed by atoms with E-state index in [2.05, 4.69) is 6.92 Å². The number of halogens is 2. The van der Waals surface area contributed by atoms with Crippen LogP contribution in [0.3, 0.4) is 0 Å². The van der Waals surface area contributed by atoms with Crippen molar-refractivity contribution in [1.29, 1.82) is 0 Å². The number of hydrogen-bond acceptors (Lipinski definition) is 2. The van der Waals surface area contributed by atoms with Crippen molar-refractivity contribution in [2.24, 2.45) is 0 Å². The van der Waals surface area contributed by atoms with E-state index in [1.807, 2.05) is 16.7 Å². The molecule has 0 N–H and O–H groups in total. The van der Waals surface area contributed by atoms with Gasteiger partial charge in [-0.25, -0.2) is 8.78 Å². The van der Waals surface area contributed by atoms with Crippen molar-refractivity contribution in [1.82, 2.24) is 4.90 Å². The molecule has 0 aromatic carbocycles. The Kier molecular flexibility index (Phi) is 4.29. The first-order valence-electron chi connectivity index (χ1n) is 4.34. The third-order valence-corrected chi connectivity index (χ3v) is 3.45. The summed E-state index contributed by atoms with van der Waals surface area (Å²) in [7, 11) is 0. The molecule has 4 heteroatoms. The molecule has 1 saturated heterocycles. The van der Waals surface area contributed by atoms with Crippen LogP contribution in [-0.4, -0.2) is 42.0 Å². The van der Waals surface area contributed by atoms with Crippen LogP contribution in [0.5, 0.6) is 0 Å². The topological polar surface area (TPSA) is 3.24 Å². The average molecular weight is 195 g/mol. The summed E-state index contributed by atoms with van der Waals surface area (Å²) in [6, 6.07) is 0. The van der Waals surface area contributed by atoms with Crippen molar-refractivity contribution in [3.63, 3.8) is 0 Å². The fraction of sp³-hybridized carbons (Fsp3) is 1.00. The number of alkyl halides is 2. The van der Waals surface area contributed by atoms with Gasteiger partial charge in [-0.3, -0.25) is 4.90 Å². The van der Waals surface area contributed by atoms with Crippen molar-refractivity contribution < 1.29 is 8.78 Å². The Morgan fingerprint density at radius 1 is 1.58 bits per heavy atom. The molecule has 1 atom stereocenters. The zero-order valence-corrected chi connectivity index (χ0v) is 8.12. The van der Waals surface area contributed by atoms with E-state index in [0.717, 1.165) is 25.3 Å². The molecular formula is C8H15F2NS. The quantitative estimate of drug-likeness (QED) is 0.678. The number of thioether (sulfide) groups is 1. The minimum absolute atomic E-state index is 0.0446. The molecule has 0 spiro atoms. The minimum atomic E-state index is -2.18. The van der Waals surface area contributed by atoms with Gasteiger partial charge in [-0.2, -0.15) is 11.8 Å². The molecule has 1 aliphatic heterocycles. The highest BCUT2D eigenvalue weighted by atomic mass is 32.2. The van der Waals surface area contributed by atoms with Crippen LogP contribution in [-0.2, 0) is 0 Å². The van der Waals surface area contributed by atoms with Gasteiger partial charge in [-0.15, -0.1) is 0 Å². The molecule has 1 heterocycles. The van der Waals surface area contributed by atoms with E-state index >= 15 is 0 Å². The molecular weight excluding hydrogens is 180 g/mol. The third kappa shape index (κ3) is 3.27. The lowest BCUT2D eigenvalue weighted by Gasteiger charge is -2.31. The highest BCUT2D eigenvalue weighted by Crippen LogP contribution is 2.21. The second-order valence-electron chi connectivity index (χ2n) is 3.05. The molecule has 0 amide bonds. The van der Waals surface area contributed by atoms with Crippen LogP contribution in [0.15, 0.2) is 0 Å². The first-order chi connectivity index (χ1) is 5.72. The standard InChI is InChI=1S/C8H15F2NS/c1-2-7-5-11(3-4-12-7)6-8(9)10/h7-8H,2-6H2,1H3. The summed E-state index contributed by atoms with van der Waals surface area (Å²) >= 11 is 1.91. The molecule has 0 aliphatic carbocycles. The van der Waals surface area contributed by atoms with Crippen LogP contribution in [0, 0.1) is 0 Å². The molecule has 0 bridgehead atoms. The first-order valence-corrected chi connectivity index (χ1v) is 5.39.